The van der Waals surface area contributed by atoms with Gasteiger partial charge in [0.15, 0.2) is 11.5 Å². The Kier molecular flexibility index (Phi) is 5.44. The third kappa shape index (κ3) is 3.88. The first kappa shape index (κ1) is 15.6. The van der Waals surface area contributed by atoms with Gasteiger partial charge in [-0.25, -0.2) is 0 Å². The van der Waals surface area contributed by atoms with Gasteiger partial charge in [-0.3, -0.25) is 4.79 Å². The first-order valence-electron chi connectivity index (χ1n) is 7.31. The van der Waals surface area contributed by atoms with Gasteiger partial charge in [-0.15, -0.1) is 0 Å². The molecule has 21 heavy (non-hydrogen) atoms. The Bertz CT molecular complexity index is 490. The molecule has 1 amide bonds. The smallest absolute Gasteiger partial charge is 0.227 e. The fraction of sp³-hybridized carbons (Fsp3) is 0.562. The number of likely N-dealkylation sites (tertiary alicyclic amines) is 1. The summed E-state index contributed by atoms with van der Waals surface area (Å²) in [5.41, 5.74) is 0.953. The number of hydrogen-bond acceptors (Lipinski definition) is 4. The van der Waals surface area contributed by atoms with Gasteiger partial charge in [0.25, 0.3) is 0 Å². The number of hydrogen-bond donors (Lipinski definition) is 1. The van der Waals surface area contributed by atoms with Crippen LogP contribution in [0.5, 0.6) is 11.5 Å². The lowest BCUT2D eigenvalue weighted by atomic mass is 10.1. The van der Waals surface area contributed by atoms with Crippen molar-refractivity contribution in [3.63, 3.8) is 0 Å². The second-order valence-corrected chi connectivity index (χ2v) is 5.42. The number of nitrogens with zero attached hydrogens (tertiary/aromatic N) is 1. The minimum atomic E-state index is 0.181. The molecular weight excluding hydrogens is 268 g/mol. The van der Waals surface area contributed by atoms with Gasteiger partial charge in [0.1, 0.15) is 0 Å². The molecule has 1 aromatic carbocycles. The van der Waals surface area contributed by atoms with Gasteiger partial charge >= 0.3 is 0 Å². The number of carbonyl (C=O) groups is 1. The molecule has 0 saturated carbocycles. The highest BCUT2D eigenvalue weighted by molar-refractivity contribution is 5.79. The summed E-state index contributed by atoms with van der Waals surface area (Å²) in [5, 5.41) is 3.18. The van der Waals surface area contributed by atoms with Crippen LogP contribution in [-0.2, 0) is 11.2 Å². The molecule has 0 spiro atoms. The predicted octanol–water partition coefficient (Wildman–Crippen LogP) is 1.31. The van der Waals surface area contributed by atoms with Crippen molar-refractivity contribution in [2.45, 2.75) is 12.8 Å². The molecule has 1 aliphatic heterocycles. The zero-order chi connectivity index (χ0) is 15.2. The highest BCUT2D eigenvalue weighted by Crippen LogP contribution is 2.28. The second kappa shape index (κ2) is 7.31. The molecule has 0 aliphatic carbocycles. The standard InChI is InChI=1S/C16H24N2O3/c1-17-10-13-6-7-18(11-13)16(19)9-12-4-5-14(20-2)15(8-12)21-3/h4-5,8,13,17H,6-7,9-11H2,1-3H3. The van der Waals surface area contributed by atoms with Gasteiger partial charge in [-0.2, -0.15) is 0 Å². The van der Waals surface area contributed by atoms with E-state index >= 15 is 0 Å². The van der Waals surface area contributed by atoms with E-state index in [4.69, 9.17) is 9.47 Å². The molecule has 1 N–H and O–H groups in total. The van der Waals surface area contributed by atoms with Crippen molar-refractivity contribution in [1.82, 2.24) is 10.2 Å². The van der Waals surface area contributed by atoms with Gasteiger partial charge < -0.3 is 19.7 Å². The van der Waals surface area contributed by atoms with E-state index in [-0.39, 0.29) is 5.91 Å². The summed E-state index contributed by atoms with van der Waals surface area (Å²) in [4.78, 5) is 14.3. The Labute approximate surface area is 126 Å². The first-order chi connectivity index (χ1) is 10.2. The number of rotatable bonds is 6. The highest BCUT2D eigenvalue weighted by Gasteiger charge is 2.25. The summed E-state index contributed by atoms with van der Waals surface area (Å²) >= 11 is 0. The van der Waals surface area contributed by atoms with E-state index in [0.717, 1.165) is 31.6 Å². The minimum absolute atomic E-state index is 0.181. The lowest BCUT2D eigenvalue weighted by molar-refractivity contribution is -0.129. The zero-order valence-electron chi connectivity index (χ0n) is 13.0. The molecule has 1 heterocycles. The molecule has 1 aromatic rings. The van der Waals surface area contributed by atoms with Crippen LogP contribution in [0.2, 0.25) is 0 Å². The van der Waals surface area contributed by atoms with Gasteiger partial charge in [-0.05, 0) is 43.6 Å². The number of methoxy groups -OCH3 is 2. The van der Waals surface area contributed by atoms with Crippen LogP contribution in [0.4, 0.5) is 0 Å². The number of benzene rings is 1. The van der Waals surface area contributed by atoms with E-state index in [1.54, 1.807) is 14.2 Å². The molecule has 0 bridgehead atoms. The zero-order valence-corrected chi connectivity index (χ0v) is 13.0. The lowest BCUT2D eigenvalue weighted by Crippen LogP contribution is -2.31. The van der Waals surface area contributed by atoms with Crippen LogP contribution >= 0.6 is 0 Å². The molecule has 116 valence electrons. The van der Waals surface area contributed by atoms with E-state index < -0.39 is 0 Å². The molecule has 1 atom stereocenters. The topological polar surface area (TPSA) is 50.8 Å². The molecule has 2 rings (SSSR count). The van der Waals surface area contributed by atoms with Crippen molar-refractivity contribution in [3.05, 3.63) is 23.8 Å². The van der Waals surface area contributed by atoms with Crippen LogP contribution in [0.25, 0.3) is 0 Å². The number of carbonyl (C=O) groups excluding carboxylic acids is 1. The molecule has 1 aliphatic rings. The maximum Gasteiger partial charge on any atom is 0.227 e. The van der Waals surface area contributed by atoms with Crippen molar-refractivity contribution in [1.29, 1.82) is 0 Å². The van der Waals surface area contributed by atoms with Crippen molar-refractivity contribution < 1.29 is 14.3 Å². The van der Waals surface area contributed by atoms with Crippen LogP contribution in [0.3, 0.4) is 0 Å². The van der Waals surface area contributed by atoms with Crippen LogP contribution < -0.4 is 14.8 Å². The summed E-state index contributed by atoms with van der Waals surface area (Å²) in [6, 6.07) is 5.63. The molecule has 5 heteroatoms. The van der Waals surface area contributed by atoms with Crippen LogP contribution in [0.15, 0.2) is 18.2 Å². The molecule has 0 radical (unpaired) electrons. The number of amides is 1. The number of ether oxygens (including phenoxy) is 2. The Morgan fingerprint density at radius 2 is 2.10 bits per heavy atom. The molecule has 1 unspecified atom stereocenters. The molecule has 1 fully saturated rings. The van der Waals surface area contributed by atoms with Gasteiger partial charge in [-0.1, -0.05) is 6.07 Å². The van der Waals surface area contributed by atoms with E-state index in [1.807, 2.05) is 30.1 Å². The summed E-state index contributed by atoms with van der Waals surface area (Å²) in [7, 11) is 5.16. The van der Waals surface area contributed by atoms with Crippen LogP contribution in [0, 0.1) is 5.92 Å². The monoisotopic (exact) mass is 292 g/mol. The quantitative estimate of drug-likeness (QED) is 0.859. The van der Waals surface area contributed by atoms with E-state index in [0.29, 0.717) is 23.8 Å². The SMILES string of the molecule is CNCC1CCN(C(=O)Cc2ccc(OC)c(OC)c2)C1. The van der Waals surface area contributed by atoms with E-state index in [9.17, 15) is 4.79 Å². The fourth-order valence-electron chi connectivity index (χ4n) is 2.79. The third-order valence-corrected chi connectivity index (χ3v) is 3.93. The van der Waals surface area contributed by atoms with Gasteiger partial charge in [0, 0.05) is 13.1 Å². The second-order valence-electron chi connectivity index (χ2n) is 5.42. The molecule has 0 aromatic heterocycles. The summed E-state index contributed by atoms with van der Waals surface area (Å²) in [6.07, 6.45) is 1.49. The summed E-state index contributed by atoms with van der Waals surface area (Å²) in [6.45, 7) is 2.69. The third-order valence-electron chi connectivity index (χ3n) is 3.93. The van der Waals surface area contributed by atoms with Crippen molar-refractivity contribution in [2.24, 2.45) is 5.92 Å². The molecular formula is C16H24N2O3. The summed E-state index contributed by atoms with van der Waals surface area (Å²) < 4.78 is 10.5. The van der Waals surface area contributed by atoms with E-state index in [2.05, 4.69) is 5.32 Å². The van der Waals surface area contributed by atoms with Gasteiger partial charge in [0.05, 0.1) is 20.6 Å². The molecule has 5 nitrogen and oxygen atoms in total. The first-order valence-corrected chi connectivity index (χ1v) is 7.31. The Morgan fingerprint density at radius 3 is 2.76 bits per heavy atom. The average molecular weight is 292 g/mol. The summed E-state index contributed by atoms with van der Waals surface area (Å²) in [5.74, 6) is 2.10. The fourth-order valence-corrected chi connectivity index (χ4v) is 2.79. The normalized spacial score (nSPS) is 17.9. The van der Waals surface area contributed by atoms with Gasteiger partial charge in [0.2, 0.25) is 5.91 Å². The van der Waals surface area contributed by atoms with Crippen LogP contribution in [0.1, 0.15) is 12.0 Å². The van der Waals surface area contributed by atoms with E-state index in [1.165, 1.54) is 0 Å². The average Bonchev–Trinajstić information content (AvgIpc) is 2.96. The van der Waals surface area contributed by atoms with Crippen molar-refractivity contribution in [2.75, 3.05) is 40.9 Å². The lowest BCUT2D eigenvalue weighted by Gasteiger charge is -2.17. The minimum Gasteiger partial charge on any atom is -0.493 e. The number of nitrogens with one attached hydrogen (secondary N) is 1. The highest BCUT2D eigenvalue weighted by atomic mass is 16.5. The maximum atomic E-state index is 12.4. The Hall–Kier alpha value is -1.75. The maximum absolute atomic E-state index is 12.4. The largest absolute Gasteiger partial charge is 0.493 e. The Morgan fingerprint density at radius 1 is 1.33 bits per heavy atom. The molecule has 1 saturated heterocycles. The van der Waals surface area contributed by atoms with Crippen molar-refractivity contribution >= 4 is 5.91 Å². The van der Waals surface area contributed by atoms with Crippen molar-refractivity contribution in [3.8, 4) is 11.5 Å². The Balaban J connectivity index is 1.97. The predicted molar refractivity (Wildman–Crippen MR) is 81.9 cm³/mol. The van der Waals surface area contributed by atoms with Crippen LogP contribution in [-0.4, -0.2) is 51.7 Å².